The zero-order valence-electron chi connectivity index (χ0n) is 11.4. The molecule has 0 unspecified atom stereocenters. The van der Waals surface area contributed by atoms with Gasteiger partial charge in [-0.1, -0.05) is 0 Å². The van der Waals surface area contributed by atoms with Crippen molar-refractivity contribution in [2.45, 2.75) is 31.5 Å². The fraction of sp³-hybridized carbons (Fsp3) is 0.900. The molecule has 3 atom stereocenters. The van der Waals surface area contributed by atoms with Crippen LogP contribution in [0.5, 0.6) is 0 Å². The minimum Gasteiger partial charge on any atom is -0.469 e. The van der Waals surface area contributed by atoms with E-state index in [9.17, 15) is 21.6 Å². The van der Waals surface area contributed by atoms with E-state index in [4.69, 9.17) is 8.37 Å². The Labute approximate surface area is 118 Å². The fourth-order valence-electron chi connectivity index (χ4n) is 2.14. The lowest BCUT2D eigenvalue weighted by atomic mass is 9.85. The first-order valence-corrected chi connectivity index (χ1v) is 9.49. The first-order valence-electron chi connectivity index (χ1n) is 5.86. The van der Waals surface area contributed by atoms with E-state index in [0.717, 1.165) is 12.5 Å². The molecule has 20 heavy (non-hydrogen) atoms. The predicted octanol–water partition coefficient (Wildman–Crippen LogP) is -0.351. The van der Waals surface area contributed by atoms with Gasteiger partial charge in [0.1, 0.15) is 12.2 Å². The monoisotopic (exact) mass is 330 g/mol. The van der Waals surface area contributed by atoms with E-state index in [0.29, 0.717) is 6.42 Å². The van der Waals surface area contributed by atoms with Crippen LogP contribution in [-0.4, -0.2) is 54.6 Å². The van der Waals surface area contributed by atoms with Gasteiger partial charge in [0, 0.05) is 0 Å². The Morgan fingerprint density at radius 2 is 1.45 bits per heavy atom. The van der Waals surface area contributed by atoms with Crippen molar-refractivity contribution in [3.05, 3.63) is 0 Å². The van der Waals surface area contributed by atoms with E-state index >= 15 is 0 Å². The fourth-order valence-corrected chi connectivity index (χ4v) is 3.46. The zero-order valence-corrected chi connectivity index (χ0v) is 13.1. The normalized spacial score (nSPS) is 28.1. The first kappa shape index (κ1) is 17.3. The zero-order chi connectivity index (χ0) is 15.6. The van der Waals surface area contributed by atoms with Gasteiger partial charge in [0.25, 0.3) is 20.2 Å². The number of methoxy groups -OCH3 is 1. The predicted molar refractivity (Wildman–Crippen MR) is 68.8 cm³/mol. The van der Waals surface area contributed by atoms with E-state index in [1.807, 2.05) is 0 Å². The van der Waals surface area contributed by atoms with Crippen LogP contribution < -0.4 is 0 Å². The van der Waals surface area contributed by atoms with Crippen LogP contribution in [0.1, 0.15) is 19.3 Å². The van der Waals surface area contributed by atoms with Gasteiger partial charge in [-0.05, 0) is 19.3 Å². The van der Waals surface area contributed by atoms with Crippen molar-refractivity contribution in [3.8, 4) is 0 Å². The Balaban J connectivity index is 2.88. The highest BCUT2D eigenvalue weighted by atomic mass is 32.2. The van der Waals surface area contributed by atoms with Crippen molar-refractivity contribution in [2.24, 2.45) is 5.92 Å². The van der Waals surface area contributed by atoms with Crippen LogP contribution in [-0.2, 0) is 38.1 Å². The molecule has 10 heteroatoms. The van der Waals surface area contributed by atoms with Gasteiger partial charge >= 0.3 is 5.97 Å². The molecule has 1 aliphatic carbocycles. The summed E-state index contributed by atoms with van der Waals surface area (Å²) in [5, 5.41) is 0. The maximum absolute atomic E-state index is 11.5. The quantitative estimate of drug-likeness (QED) is 0.496. The molecule has 1 aliphatic rings. The summed E-state index contributed by atoms with van der Waals surface area (Å²) < 4.78 is 59.0. The van der Waals surface area contributed by atoms with E-state index in [2.05, 4.69) is 4.74 Å². The molecule has 0 bridgehead atoms. The van der Waals surface area contributed by atoms with Gasteiger partial charge in [-0.2, -0.15) is 16.8 Å². The summed E-state index contributed by atoms with van der Waals surface area (Å²) in [6, 6.07) is 0. The smallest absolute Gasteiger partial charge is 0.308 e. The maximum Gasteiger partial charge on any atom is 0.308 e. The van der Waals surface area contributed by atoms with E-state index in [-0.39, 0.29) is 12.8 Å². The lowest BCUT2D eigenvalue weighted by molar-refractivity contribution is -0.148. The third kappa shape index (κ3) is 5.73. The largest absolute Gasteiger partial charge is 0.469 e. The van der Waals surface area contributed by atoms with Gasteiger partial charge in [-0.3, -0.25) is 13.2 Å². The molecule has 0 heterocycles. The summed E-state index contributed by atoms with van der Waals surface area (Å²) in [5.74, 6) is -1.02. The summed E-state index contributed by atoms with van der Waals surface area (Å²) in [5.41, 5.74) is 0. The van der Waals surface area contributed by atoms with Gasteiger partial charge in [0.05, 0.1) is 25.5 Å². The van der Waals surface area contributed by atoms with Gasteiger partial charge in [-0.25, -0.2) is 0 Å². The Morgan fingerprint density at radius 1 is 0.950 bits per heavy atom. The van der Waals surface area contributed by atoms with Crippen LogP contribution in [0.3, 0.4) is 0 Å². The van der Waals surface area contributed by atoms with Crippen molar-refractivity contribution in [3.63, 3.8) is 0 Å². The number of hydrogen-bond donors (Lipinski definition) is 0. The Hall–Kier alpha value is -0.710. The number of rotatable bonds is 5. The topological polar surface area (TPSA) is 113 Å². The van der Waals surface area contributed by atoms with Crippen molar-refractivity contribution in [1.29, 1.82) is 0 Å². The van der Waals surface area contributed by atoms with E-state index in [1.54, 1.807) is 0 Å². The Morgan fingerprint density at radius 3 is 1.90 bits per heavy atom. The molecule has 0 N–H and O–H groups in total. The maximum atomic E-state index is 11.5. The van der Waals surface area contributed by atoms with Crippen molar-refractivity contribution in [2.75, 3.05) is 19.6 Å². The highest BCUT2D eigenvalue weighted by Crippen LogP contribution is 2.31. The molecular formula is C10H18O8S2. The van der Waals surface area contributed by atoms with Crippen LogP contribution in [0, 0.1) is 5.92 Å². The summed E-state index contributed by atoms with van der Waals surface area (Å²) in [4.78, 5) is 11.5. The number of carbonyl (C=O) groups excluding carboxylic acids is 1. The van der Waals surface area contributed by atoms with E-state index < -0.39 is 44.3 Å². The molecule has 0 amide bonds. The lowest BCUT2D eigenvalue weighted by Gasteiger charge is -2.32. The highest BCUT2D eigenvalue weighted by molar-refractivity contribution is 7.86. The van der Waals surface area contributed by atoms with E-state index in [1.165, 1.54) is 7.11 Å². The minimum absolute atomic E-state index is 0.0277. The molecule has 0 radical (unpaired) electrons. The van der Waals surface area contributed by atoms with Gasteiger partial charge < -0.3 is 4.74 Å². The highest BCUT2D eigenvalue weighted by Gasteiger charge is 2.39. The number of ether oxygens (including phenoxy) is 1. The number of carbonyl (C=O) groups is 1. The van der Waals surface area contributed by atoms with Crippen LogP contribution in [0.2, 0.25) is 0 Å². The third-order valence-electron chi connectivity index (χ3n) is 2.86. The Kier molecular flexibility index (Phi) is 5.53. The molecule has 1 rings (SSSR count). The summed E-state index contributed by atoms with van der Waals surface area (Å²) >= 11 is 0. The summed E-state index contributed by atoms with van der Waals surface area (Å²) in [7, 11) is -6.31. The molecule has 1 fully saturated rings. The number of esters is 1. The van der Waals surface area contributed by atoms with Crippen molar-refractivity contribution < 1.29 is 34.7 Å². The van der Waals surface area contributed by atoms with Crippen LogP contribution >= 0.6 is 0 Å². The molecule has 118 valence electrons. The SMILES string of the molecule is COC(=O)[C@H]1CC[C@@H](OS(C)(=O)=O)[C@@H](OS(C)(=O)=O)C1. The molecule has 0 spiro atoms. The number of hydrogen-bond acceptors (Lipinski definition) is 8. The molecule has 0 saturated heterocycles. The van der Waals surface area contributed by atoms with Crippen LogP contribution in [0.25, 0.3) is 0 Å². The van der Waals surface area contributed by atoms with Gasteiger partial charge in [0.2, 0.25) is 0 Å². The standard InChI is InChI=1S/C10H18O8S2/c1-16-10(11)7-4-5-8(17-19(2,12)13)9(6-7)18-20(3,14)15/h7-9H,4-6H2,1-3H3/t7-,8+,9-/m0/s1. The summed E-state index contributed by atoms with van der Waals surface area (Å²) in [6.45, 7) is 0. The molecule has 8 nitrogen and oxygen atoms in total. The van der Waals surface area contributed by atoms with Crippen molar-refractivity contribution in [1.82, 2.24) is 0 Å². The van der Waals surface area contributed by atoms with Gasteiger partial charge in [-0.15, -0.1) is 0 Å². The average Bonchev–Trinajstić information content (AvgIpc) is 2.26. The molecule has 0 aromatic carbocycles. The average molecular weight is 330 g/mol. The van der Waals surface area contributed by atoms with Crippen molar-refractivity contribution >= 4 is 26.2 Å². The third-order valence-corrected chi connectivity index (χ3v) is 4.06. The molecule has 0 aromatic heterocycles. The Bertz CT molecular complexity index is 550. The summed E-state index contributed by atoms with van der Waals surface area (Å²) in [6.07, 6.45) is 0.324. The molecule has 1 saturated carbocycles. The second-order valence-corrected chi connectivity index (χ2v) is 7.91. The molecular weight excluding hydrogens is 312 g/mol. The first-order chi connectivity index (χ1) is 9.02. The molecule has 0 aliphatic heterocycles. The van der Waals surface area contributed by atoms with Crippen LogP contribution in [0.4, 0.5) is 0 Å². The van der Waals surface area contributed by atoms with Crippen LogP contribution in [0.15, 0.2) is 0 Å². The lowest BCUT2D eigenvalue weighted by Crippen LogP contribution is -2.42. The van der Waals surface area contributed by atoms with Gasteiger partial charge in [0.15, 0.2) is 0 Å². The molecule has 0 aromatic rings. The second kappa shape index (κ2) is 6.37. The minimum atomic E-state index is -3.80. The second-order valence-electron chi connectivity index (χ2n) is 4.71.